The van der Waals surface area contributed by atoms with Crippen molar-refractivity contribution >= 4 is 15.7 Å². The summed E-state index contributed by atoms with van der Waals surface area (Å²) in [5.74, 6) is -0.244. The molecule has 116 valence electrons. The molecule has 0 saturated carbocycles. The topological polar surface area (TPSA) is 127 Å². The van der Waals surface area contributed by atoms with Gasteiger partial charge in [-0.2, -0.15) is 4.31 Å². The average molecular weight is 315 g/mol. The van der Waals surface area contributed by atoms with E-state index in [0.29, 0.717) is 38.4 Å². The molecule has 0 aromatic heterocycles. The molecule has 1 aromatic rings. The number of aromatic hydroxyl groups is 1. The SMILES string of the molecule is NCC1CCN(S(=O)(=O)c2ccc(O)c([N+](=O)[O-])c2)CC1. The van der Waals surface area contributed by atoms with Crippen molar-refractivity contribution in [2.45, 2.75) is 17.7 Å². The molecule has 0 radical (unpaired) electrons. The molecular weight excluding hydrogens is 298 g/mol. The highest BCUT2D eigenvalue weighted by Gasteiger charge is 2.30. The van der Waals surface area contributed by atoms with Crippen LogP contribution in [0.2, 0.25) is 0 Å². The van der Waals surface area contributed by atoms with E-state index in [1.165, 1.54) is 10.4 Å². The highest BCUT2D eigenvalue weighted by Crippen LogP contribution is 2.30. The summed E-state index contributed by atoms with van der Waals surface area (Å²) >= 11 is 0. The lowest BCUT2D eigenvalue weighted by Crippen LogP contribution is -2.40. The van der Waals surface area contributed by atoms with Crippen LogP contribution >= 0.6 is 0 Å². The number of hydrogen-bond donors (Lipinski definition) is 2. The Morgan fingerprint density at radius 2 is 2.00 bits per heavy atom. The number of nitrogens with zero attached hydrogens (tertiary/aromatic N) is 2. The molecule has 3 N–H and O–H groups in total. The van der Waals surface area contributed by atoms with E-state index < -0.39 is 26.4 Å². The fourth-order valence-corrected chi connectivity index (χ4v) is 3.83. The number of nitro benzene ring substituents is 1. The molecule has 1 aliphatic rings. The summed E-state index contributed by atoms with van der Waals surface area (Å²) in [7, 11) is -3.79. The van der Waals surface area contributed by atoms with Crippen LogP contribution in [-0.2, 0) is 10.0 Å². The Kier molecular flexibility index (Phi) is 4.45. The predicted octanol–water partition coefficient (Wildman–Crippen LogP) is 0.660. The molecule has 1 heterocycles. The van der Waals surface area contributed by atoms with Gasteiger partial charge in [-0.1, -0.05) is 0 Å². The molecule has 1 aromatic carbocycles. The van der Waals surface area contributed by atoms with Crippen molar-refractivity contribution in [1.82, 2.24) is 4.31 Å². The van der Waals surface area contributed by atoms with Crippen LogP contribution < -0.4 is 5.73 Å². The van der Waals surface area contributed by atoms with E-state index in [1.807, 2.05) is 0 Å². The van der Waals surface area contributed by atoms with Crippen LogP contribution in [0.3, 0.4) is 0 Å². The van der Waals surface area contributed by atoms with Gasteiger partial charge >= 0.3 is 5.69 Å². The summed E-state index contributed by atoms with van der Waals surface area (Å²) in [5.41, 5.74) is 4.95. The van der Waals surface area contributed by atoms with Gasteiger partial charge in [-0.25, -0.2) is 8.42 Å². The monoisotopic (exact) mass is 315 g/mol. The summed E-state index contributed by atoms with van der Waals surface area (Å²) in [6.07, 6.45) is 1.35. The summed E-state index contributed by atoms with van der Waals surface area (Å²) in [5, 5.41) is 20.2. The maximum absolute atomic E-state index is 12.5. The number of nitro groups is 1. The Bertz CT molecular complexity index is 638. The summed E-state index contributed by atoms with van der Waals surface area (Å²) in [6, 6.07) is 3.09. The molecule has 0 aliphatic carbocycles. The first-order valence-corrected chi connectivity index (χ1v) is 7.98. The number of phenolic OH excluding ortho intramolecular Hbond substituents is 1. The smallest absolute Gasteiger partial charge is 0.312 e. The Labute approximate surface area is 122 Å². The minimum absolute atomic E-state index is 0.182. The van der Waals surface area contributed by atoms with E-state index in [4.69, 9.17) is 5.73 Å². The Morgan fingerprint density at radius 1 is 1.38 bits per heavy atom. The number of benzene rings is 1. The van der Waals surface area contributed by atoms with Gasteiger partial charge in [0, 0.05) is 19.2 Å². The normalized spacial score (nSPS) is 17.8. The van der Waals surface area contributed by atoms with E-state index in [0.717, 1.165) is 12.1 Å². The maximum Gasteiger partial charge on any atom is 0.312 e. The van der Waals surface area contributed by atoms with Gasteiger partial charge in [0.25, 0.3) is 0 Å². The van der Waals surface area contributed by atoms with Crippen LogP contribution in [0.25, 0.3) is 0 Å². The van der Waals surface area contributed by atoms with Crippen molar-refractivity contribution in [3.8, 4) is 5.75 Å². The maximum atomic E-state index is 12.5. The van der Waals surface area contributed by atoms with Crippen molar-refractivity contribution in [2.24, 2.45) is 11.7 Å². The van der Waals surface area contributed by atoms with Gasteiger partial charge in [-0.05, 0) is 37.4 Å². The van der Waals surface area contributed by atoms with Gasteiger partial charge < -0.3 is 10.8 Å². The second-order valence-electron chi connectivity index (χ2n) is 4.99. The lowest BCUT2D eigenvalue weighted by atomic mass is 9.99. The molecule has 1 aliphatic heterocycles. The van der Waals surface area contributed by atoms with Crippen LogP contribution in [0.1, 0.15) is 12.8 Å². The van der Waals surface area contributed by atoms with Crippen LogP contribution in [0.4, 0.5) is 5.69 Å². The van der Waals surface area contributed by atoms with E-state index in [1.54, 1.807) is 0 Å². The molecule has 0 bridgehead atoms. The average Bonchev–Trinajstić information content (AvgIpc) is 2.47. The van der Waals surface area contributed by atoms with E-state index >= 15 is 0 Å². The van der Waals surface area contributed by atoms with Crippen LogP contribution in [0, 0.1) is 16.0 Å². The van der Waals surface area contributed by atoms with Gasteiger partial charge in [-0.15, -0.1) is 0 Å². The van der Waals surface area contributed by atoms with Crippen molar-refractivity contribution < 1.29 is 18.4 Å². The van der Waals surface area contributed by atoms with E-state index in [2.05, 4.69) is 0 Å². The van der Waals surface area contributed by atoms with Crippen molar-refractivity contribution in [3.05, 3.63) is 28.3 Å². The van der Waals surface area contributed by atoms with Crippen LogP contribution in [0.5, 0.6) is 5.75 Å². The number of hydrogen-bond acceptors (Lipinski definition) is 6. The molecular formula is C12H17N3O5S. The third kappa shape index (κ3) is 3.14. The third-order valence-electron chi connectivity index (χ3n) is 3.69. The standard InChI is InChI=1S/C12H17N3O5S/c13-8-9-3-5-14(6-4-9)21(19,20)10-1-2-12(16)11(7-10)15(17)18/h1-2,7,9,16H,3-6,8,13H2. The zero-order chi connectivity index (χ0) is 15.6. The minimum Gasteiger partial charge on any atom is -0.502 e. The molecule has 21 heavy (non-hydrogen) atoms. The highest BCUT2D eigenvalue weighted by atomic mass is 32.2. The third-order valence-corrected chi connectivity index (χ3v) is 5.58. The van der Waals surface area contributed by atoms with Crippen molar-refractivity contribution in [2.75, 3.05) is 19.6 Å². The van der Waals surface area contributed by atoms with Crippen LogP contribution in [-0.4, -0.2) is 42.4 Å². The molecule has 9 heteroatoms. The van der Waals surface area contributed by atoms with Gasteiger partial charge in [0.15, 0.2) is 5.75 Å². The number of nitrogens with two attached hydrogens (primary N) is 1. The first-order chi connectivity index (χ1) is 9.86. The molecule has 0 amide bonds. The van der Waals surface area contributed by atoms with E-state index in [9.17, 15) is 23.6 Å². The largest absolute Gasteiger partial charge is 0.502 e. The number of rotatable bonds is 4. The second kappa shape index (κ2) is 5.96. The Morgan fingerprint density at radius 3 is 2.52 bits per heavy atom. The lowest BCUT2D eigenvalue weighted by molar-refractivity contribution is -0.386. The molecule has 0 spiro atoms. The zero-order valence-corrected chi connectivity index (χ0v) is 12.1. The van der Waals surface area contributed by atoms with Gasteiger partial charge in [0.2, 0.25) is 10.0 Å². The second-order valence-corrected chi connectivity index (χ2v) is 6.93. The lowest BCUT2D eigenvalue weighted by Gasteiger charge is -2.30. The first-order valence-electron chi connectivity index (χ1n) is 6.54. The highest BCUT2D eigenvalue weighted by molar-refractivity contribution is 7.89. The number of piperidine rings is 1. The zero-order valence-electron chi connectivity index (χ0n) is 11.3. The number of sulfonamides is 1. The van der Waals surface area contributed by atoms with E-state index in [-0.39, 0.29) is 4.90 Å². The molecule has 1 fully saturated rings. The predicted molar refractivity (Wildman–Crippen MR) is 75.3 cm³/mol. The van der Waals surface area contributed by atoms with Gasteiger partial charge in [-0.3, -0.25) is 10.1 Å². The molecule has 0 atom stereocenters. The molecule has 1 saturated heterocycles. The number of phenols is 1. The quantitative estimate of drug-likeness (QED) is 0.620. The summed E-state index contributed by atoms with van der Waals surface area (Å²) in [4.78, 5) is 9.79. The van der Waals surface area contributed by atoms with Crippen LogP contribution in [0.15, 0.2) is 23.1 Å². The Balaban J connectivity index is 2.28. The molecule has 2 rings (SSSR count). The Hall–Kier alpha value is -1.71. The van der Waals surface area contributed by atoms with Crippen molar-refractivity contribution in [1.29, 1.82) is 0 Å². The van der Waals surface area contributed by atoms with Gasteiger partial charge in [0.1, 0.15) is 0 Å². The fraction of sp³-hybridized carbons (Fsp3) is 0.500. The minimum atomic E-state index is -3.79. The molecule has 0 unspecified atom stereocenters. The first kappa shape index (κ1) is 15.7. The summed E-state index contributed by atoms with van der Waals surface area (Å²) in [6.45, 7) is 1.22. The fourth-order valence-electron chi connectivity index (χ4n) is 2.34. The molecule has 8 nitrogen and oxygen atoms in total. The van der Waals surface area contributed by atoms with Crippen molar-refractivity contribution in [3.63, 3.8) is 0 Å². The van der Waals surface area contributed by atoms with Gasteiger partial charge in [0.05, 0.1) is 9.82 Å². The summed E-state index contributed by atoms with van der Waals surface area (Å²) < 4.78 is 26.2.